The van der Waals surface area contributed by atoms with Crippen LogP contribution in [-0.2, 0) is 6.42 Å². The molecule has 0 heterocycles. The summed E-state index contributed by atoms with van der Waals surface area (Å²) in [5.74, 6) is 1.08. The molecule has 0 saturated heterocycles. The van der Waals surface area contributed by atoms with Gasteiger partial charge in [-0.2, -0.15) is 0 Å². The average molecular weight is 243 g/mol. The van der Waals surface area contributed by atoms with Gasteiger partial charge in [-0.05, 0) is 43.0 Å². The van der Waals surface area contributed by atoms with Crippen molar-refractivity contribution in [1.29, 1.82) is 0 Å². The summed E-state index contributed by atoms with van der Waals surface area (Å²) >= 11 is 5.96. The predicted octanol–water partition coefficient (Wildman–Crippen LogP) is 3.30. The van der Waals surface area contributed by atoms with Crippen molar-refractivity contribution in [2.75, 3.05) is 7.11 Å². The van der Waals surface area contributed by atoms with Gasteiger partial charge in [0.2, 0.25) is 0 Å². The Morgan fingerprint density at radius 1 is 1.44 bits per heavy atom. The van der Waals surface area contributed by atoms with Crippen molar-refractivity contribution in [3.63, 3.8) is 0 Å². The normalized spacial score (nSPS) is 14.6. The number of hydrogen-bond donors (Lipinski definition) is 1. The van der Waals surface area contributed by atoms with Gasteiger partial charge in [-0.3, -0.25) is 0 Å². The second-order valence-corrected chi connectivity index (χ2v) is 4.51. The fraction of sp³-hybridized carbons (Fsp3) is 0.538. The third kappa shape index (κ3) is 3.39. The predicted molar refractivity (Wildman–Crippen MR) is 67.2 cm³/mol. The highest BCUT2D eigenvalue weighted by Gasteiger charge is 2.16. The van der Waals surface area contributed by atoms with Gasteiger partial charge in [0.15, 0.2) is 0 Å². The van der Waals surface area contributed by atoms with Crippen LogP contribution in [0.5, 0.6) is 5.75 Å². The summed E-state index contributed by atoms with van der Waals surface area (Å²) in [6.07, 6.45) is 1.42. The number of ether oxygens (including phenoxy) is 1. The molecule has 3 heteroatoms. The molecule has 0 fully saturated rings. The van der Waals surface area contributed by atoms with Crippen LogP contribution in [0.25, 0.3) is 0 Å². The molecule has 0 radical (unpaired) electrons. The lowest BCUT2D eigenvalue weighted by atomic mass is 9.92. The molecular weight excluding hydrogens is 224 g/mol. The van der Waals surface area contributed by atoms with Gasteiger partial charge in [-0.15, -0.1) is 0 Å². The maximum atomic E-state index is 9.63. The molecule has 1 N–H and O–H groups in total. The molecule has 2 unspecified atom stereocenters. The van der Waals surface area contributed by atoms with Crippen LogP contribution in [0.15, 0.2) is 18.2 Å². The van der Waals surface area contributed by atoms with E-state index in [2.05, 4.69) is 6.92 Å². The van der Waals surface area contributed by atoms with Crippen LogP contribution in [-0.4, -0.2) is 18.3 Å². The number of methoxy groups -OCH3 is 1. The highest BCUT2D eigenvalue weighted by Crippen LogP contribution is 2.27. The molecule has 0 bridgehead atoms. The van der Waals surface area contributed by atoms with E-state index in [4.69, 9.17) is 16.3 Å². The highest BCUT2D eigenvalue weighted by molar-refractivity contribution is 6.30. The second-order valence-electron chi connectivity index (χ2n) is 4.07. The van der Waals surface area contributed by atoms with E-state index >= 15 is 0 Å². The molecule has 2 atom stereocenters. The minimum atomic E-state index is -0.311. The van der Waals surface area contributed by atoms with Gasteiger partial charge in [0, 0.05) is 5.02 Å². The molecule has 0 saturated carbocycles. The van der Waals surface area contributed by atoms with Gasteiger partial charge in [0.05, 0.1) is 13.2 Å². The third-order valence-corrected chi connectivity index (χ3v) is 3.17. The fourth-order valence-corrected chi connectivity index (χ4v) is 2.04. The zero-order valence-corrected chi connectivity index (χ0v) is 10.8. The zero-order valence-electron chi connectivity index (χ0n) is 10.0. The van der Waals surface area contributed by atoms with Crippen LogP contribution < -0.4 is 4.74 Å². The van der Waals surface area contributed by atoms with E-state index in [-0.39, 0.29) is 12.0 Å². The van der Waals surface area contributed by atoms with E-state index < -0.39 is 0 Å². The highest BCUT2D eigenvalue weighted by atomic mass is 35.5. The largest absolute Gasteiger partial charge is 0.496 e. The minimum absolute atomic E-state index is 0.243. The van der Waals surface area contributed by atoms with E-state index in [9.17, 15) is 5.11 Å². The summed E-state index contributed by atoms with van der Waals surface area (Å²) in [6, 6.07) is 5.59. The molecule has 2 nitrogen and oxygen atoms in total. The first-order valence-corrected chi connectivity index (χ1v) is 5.96. The summed E-state index contributed by atoms with van der Waals surface area (Å²) in [7, 11) is 1.65. The number of rotatable bonds is 5. The van der Waals surface area contributed by atoms with E-state index in [1.54, 1.807) is 7.11 Å². The molecule has 1 aromatic rings. The molecule has 1 aromatic carbocycles. The Hall–Kier alpha value is -0.730. The average Bonchev–Trinajstić information content (AvgIpc) is 2.25. The van der Waals surface area contributed by atoms with Crippen LogP contribution in [0.3, 0.4) is 0 Å². The molecule has 0 amide bonds. The standard InChI is InChI=1S/C13H19ClO2/c1-4-10(9(2)15)7-11-8-12(14)5-6-13(11)16-3/h5-6,8-10,15H,4,7H2,1-3H3. The SMILES string of the molecule is CCC(Cc1cc(Cl)ccc1OC)C(C)O. The lowest BCUT2D eigenvalue weighted by Crippen LogP contribution is -2.18. The Morgan fingerprint density at radius 2 is 2.12 bits per heavy atom. The number of benzene rings is 1. The summed E-state index contributed by atoms with van der Waals surface area (Å²) in [5.41, 5.74) is 1.06. The number of hydrogen-bond acceptors (Lipinski definition) is 2. The van der Waals surface area contributed by atoms with Gasteiger partial charge in [0.1, 0.15) is 5.75 Å². The van der Waals surface area contributed by atoms with Crippen LogP contribution in [0, 0.1) is 5.92 Å². The Labute approximate surface area is 102 Å². The van der Waals surface area contributed by atoms with Crippen LogP contribution in [0.1, 0.15) is 25.8 Å². The van der Waals surface area contributed by atoms with Gasteiger partial charge in [0.25, 0.3) is 0 Å². The zero-order chi connectivity index (χ0) is 12.1. The molecule has 0 aliphatic heterocycles. The van der Waals surface area contributed by atoms with Crippen molar-refractivity contribution in [3.05, 3.63) is 28.8 Å². The monoisotopic (exact) mass is 242 g/mol. The number of halogens is 1. The molecule has 0 aliphatic carbocycles. The first-order valence-electron chi connectivity index (χ1n) is 5.59. The van der Waals surface area contributed by atoms with E-state index in [0.717, 1.165) is 24.2 Å². The van der Waals surface area contributed by atoms with Crippen molar-refractivity contribution in [2.24, 2.45) is 5.92 Å². The molecule has 90 valence electrons. The first kappa shape index (κ1) is 13.3. The second kappa shape index (κ2) is 6.12. The molecule has 1 rings (SSSR count). The first-order chi connectivity index (χ1) is 7.58. The Kier molecular flexibility index (Phi) is 5.10. The Morgan fingerprint density at radius 3 is 2.62 bits per heavy atom. The van der Waals surface area contributed by atoms with Crippen molar-refractivity contribution >= 4 is 11.6 Å². The van der Waals surface area contributed by atoms with Gasteiger partial charge < -0.3 is 9.84 Å². The number of aliphatic hydroxyl groups excluding tert-OH is 1. The smallest absolute Gasteiger partial charge is 0.122 e. The molecule has 16 heavy (non-hydrogen) atoms. The molecule has 0 aliphatic rings. The van der Waals surface area contributed by atoms with Crippen LogP contribution in [0.4, 0.5) is 0 Å². The van der Waals surface area contributed by atoms with Crippen LogP contribution in [0.2, 0.25) is 5.02 Å². The number of aliphatic hydroxyl groups is 1. The van der Waals surface area contributed by atoms with E-state index in [1.807, 2.05) is 25.1 Å². The van der Waals surface area contributed by atoms with Crippen molar-refractivity contribution in [1.82, 2.24) is 0 Å². The van der Waals surface area contributed by atoms with Gasteiger partial charge in [-0.1, -0.05) is 24.9 Å². The molecular formula is C13H19ClO2. The van der Waals surface area contributed by atoms with E-state index in [0.29, 0.717) is 5.02 Å². The maximum absolute atomic E-state index is 9.63. The lowest BCUT2D eigenvalue weighted by molar-refractivity contribution is 0.122. The maximum Gasteiger partial charge on any atom is 0.122 e. The summed E-state index contributed by atoms with van der Waals surface area (Å²) < 4.78 is 5.29. The van der Waals surface area contributed by atoms with Crippen molar-refractivity contribution in [3.8, 4) is 5.75 Å². The summed E-state index contributed by atoms with van der Waals surface area (Å²) in [5, 5.41) is 10.3. The van der Waals surface area contributed by atoms with E-state index in [1.165, 1.54) is 0 Å². The van der Waals surface area contributed by atoms with Gasteiger partial charge in [-0.25, -0.2) is 0 Å². The Bertz CT molecular complexity index is 337. The van der Waals surface area contributed by atoms with Gasteiger partial charge >= 0.3 is 0 Å². The Balaban J connectivity index is 2.89. The summed E-state index contributed by atoms with van der Waals surface area (Å²) in [4.78, 5) is 0. The lowest BCUT2D eigenvalue weighted by Gasteiger charge is -2.19. The van der Waals surface area contributed by atoms with Crippen LogP contribution >= 0.6 is 11.6 Å². The minimum Gasteiger partial charge on any atom is -0.496 e. The quantitative estimate of drug-likeness (QED) is 0.859. The molecule has 0 spiro atoms. The van der Waals surface area contributed by atoms with Crippen molar-refractivity contribution in [2.45, 2.75) is 32.8 Å². The fourth-order valence-electron chi connectivity index (χ4n) is 1.85. The topological polar surface area (TPSA) is 29.5 Å². The third-order valence-electron chi connectivity index (χ3n) is 2.93. The molecule has 0 aromatic heterocycles. The summed E-state index contributed by atoms with van der Waals surface area (Å²) in [6.45, 7) is 3.90. The van der Waals surface area contributed by atoms with Crippen molar-refractivity contribution < 1.29 is 9.84 Å².